The van der Waals surface area contributed by atoms with Crippen molar-refractivity contribution in [2.45, 2.75) is 6.42 Å². The van der Waals surface area contributed by atoms with Gasteiger partial charge in [0.25, 0.3) is 5.95 Å². The van der Waals surface area contributed by atoms with Crippen LogP contribution in [-0.4, -0.2) is 33.1 Å². The predicted octanol–water partition coefficient (Wildman–Crippen LogP) is 0.938. The molecule has 0 unspecified atom stereocenters. The lowest BCUT2D eigenvalue weighted by atomic mass is 10.3. The van der Waals surface area contributed by atoms with Crippen molar-refractivity contribution in [1.82, 2.24) is 19.9 Å². The number of nitrogens with zero attached hydrogens (tertiary/aromatic N) is 4. The number of anilines is 1. The van der Waals surface area contributed by atoms with Gasteiger partial charge in [0.2, 0.25) is 5.91 Å². The number of imide groups is 1. The molecule has 0 aromatic carbocycles. The maximum Gasteiger partial charge on any atom is 0.330 e. The highest BCUT2D eigenvalue weighted by Crippen LogP contribution is 2.17. The van der Waals surface area contributed by atoms with Gasteiger partial charge < -0.3 is 0 Å². The molecule has 3 rings (SSSR count). The number of hydrogen-bond acceptors (Lipinski definition) is 4. The van der Waals surface area contributed by atoms with Gasteiger partial charge in [-0.3, -0.25) is 15.0 Å². The van der Waals surface area contributed by atoms with Gasteiger partial charge in [0.05, 0.1) is 0 Å². The maximum absolute atomic E-state index is 11.7. The van der Waals surface area contributed by atoms with Crippen LogP contribution in [0.1, 0.15) is 6.42 Å². The van der Waals surface area contributed by atoms with Crippen molar-refractivity contribution in [3.8, 4) is 0 Å². The van der Waals surface area contributed by atoms with E-state index in [2.05, 4.69) is 31.3 Å². The van der Waals surface area contributed by atoms with Crippen LogP contribution in [0.4, 0.5) is 10.7 Å². The minimum Gasteiger partial charge on any atom is -0.278 e. The van der Waals surface area contributed by atoms with Gasteiger partial charge in [-0.2, -0.15) is 4.98 Å². The smallest absolute Gasteiger partial charge is 0.278 e. The van der Waals surface area contributed by atoms with E-state index in [1.54, 1.807) is 10.6 Å². The molecular weight excluding hydrogens is 302 g/mol. The van der Waals surface area contributed by atoms with E-state index in [1.165, 1.54) is 4.90 Å². The lowest BCUT2D eigenvalue weighted by Crippen LogP contribution is -2.50. The van der Waals surface area contributed by atoms with E-state index in [1.807, 2.05) is 12.1 Å². The number of pyridine rings is 1. The zero-order chi connectivity index (χ0) is 12.7. The Labute approximate surface area is 110 Å². The first-order valence-electron chi connectivity index (χ1n) is 5.28. The van der Waals surface area contributed by atoms with Crippen LogP contribution in [0.25, 0.3) is 5.65 Å². The summed E-state index contributed by atoms with van der Waals surface area (Å²) in [5.74, 6) is 0.00750. The number of amides is 3. The molecule has 1 aliphatic rings. The zero-order valence-corrected chi connectivity index (χ0v) is 10.7. The van der Waals surface area contributed by atoms with Crippen LogP contribution in [0.3, 0.4) is 0 Å². The van der Waals surface area contributed by atoms with Gasteiger partial charge in [-0.1, -0.05) is 6.07 Å². The molecule has 0 bridgehead atoms. The number of halogens is 1. The van der Waals surface area contributed by atoms with E-state index in [-0.39, 0.29) is 18.3 Å². The van der Waals surface area contributed by atoms with Crippen LogP contribution in [0.2, 0.25) is 0 Å². The zero-order valence-electron chi connectivity index (χ0n) is 9.13. The third-order valence-corrected chi connectivity index (χ3v) is 3.20. The Hall–Kier alpha value is -1.96. The molecule has 0 spiro atoms. The molecule has 3 amide bonds. The fourth-order valence-corrected chi connectivity index (χ4v) is 2.14. The van der Waals surface area contributed by atoms with E-state index in [0.717, 1.165) is 4.60 Å². The average molecular weight is 310 g/mol. The summed E-state index contributed by atoms with van der Waals surface area (Å²) < 4.78 is 2.33. The van der Waals surface area contributed by atoms with E-state index >= 15 is 0 Å². The monoisotopic (exact) mass is 309 g/mol. The first-order valence-corrected chi connectivity index (χ1v) is 6.07. The number of aromatic nitrogens is 3. The van der Waals surface area contributed by atoms with Gasteiger partial charge in [-0.05, 0) is 28.1 Å². The van der Waals surface area contributed by atoms with Crippen molar-refractivity contribution in [3.63, 3.8) is 0 Å². The molecule has 1 N–H and O–H groups in total. The Bertz CT molecular complexity index is 653. The molecule has 1 saturated heterocycles. The van der Waals surface area contributed by atoms with Crippen molar-refractivity contribution in [3.05, 3.63) is 22.8 Å². The van der Waals surface area contributed by atoms with Gasteiger partial charge in [0.1, 0.15) is 4.60 Å². The third-order valence-electron chi connectivity index (χ3n) is 2.60. The molecule has 0 atom stereocenters. The van der Waals surface area contributed by atoms with Gasteiger partial charge in [-0.15, -0.1) is 5.10 Å². The Morgan fingerprint density at radius 1 is 1.33 bits per heavy atom. The lowest BCUT2D eigenvalue weighted by Gasteiger charge is -2.22. The highest BCUT2D eigenvalue weighted by Gasteiger charge is 2.27. The molecule has 2 aromatic heterocycles. The number of urea groups is 1. The molecule has 0 saturated carbocycles. The largest absolute Gasteiger partial charge is 0.330 e. The summed E-state index contributed by atoms with van der Waals surface area (Å²) in [5.41, 5.74) is 0.629. The molecule has 0 aliphatic carbocycles. The third kappa shape index (κ3) is 1.74. The summed E-state index contributed by atoms with van der Waals surface area (Å²) in [6.45, 7) is 0.291. The fourth-order valence-electron chi connectivity index (χ4n) is 1.73. The Morgan fingerprint density at radius 2 is 2.17 bits per heavy atom. The second kappa shape index (κ2) is 4.05. The summed E-state index contributed by atoms with van der Waals surface area (Å²) in [4.78, 5) is 28.3. The number of hydrogen-bond donors (Lipinski definition) is 1. The van der Waals surface area contributed by atoms with Gasteiger partial charge >= 0.3 is 6.03 Å². The number of carbonyl (C=O) groups is 2. The van der Waals surface area contributed by atoms with Gasteiger partial charge in [0, 0.05) is 13.0 Å². The molecule has 7 nitrogen and oxygen atoms in total. The van der Waals surface area contributed by atoms with E-state index < -0.39 is 6.03 Å². The van der Waals surface area contributed by atoms with E-state index in [4.69, 9.17) is 0 Å². The molecule has 1 aliphatic heterocycles. The van der Waals surface area contributed by atoms with Crippen LogP contribution in [0, 0.1) is 0 Å². The SMILES string of the molecule is O=C1CCN(c2nc3cccc(Br)n3n2)C(=O)N1. The highest BCUT2D eigenvalue weighted by atomic mass is 79.9. The van der Waals surface area contributed by atoms with Crippen molar-refractivity contribution in [2.24, 2.45) is 0 Å². The summed E-state index contributed by atoms with van der Waals surface area (Å²) in [6.07, 6.45) is 0.252. The highest BCUT2D eigenvalue weighted by molar-refractivity contribution is 9.10. The average Bonchev–Trinajstić information content (AvgIpc) is 2.74. The molecule has 92 valence electrons. The normalized spacial score (nSPS) is 16.2. The van der Waals surface area contributed by atoms with Crippen molar-refractivity contribution < 1.29 is 9.59 Å². The van der Waals surface area contributed by atoms with Crippen LogP contribution < -0.4 is 10.2 Å². The van der Waals surface area contributed by atoms with Crippen LogP contribution in [-0.2, 0) is 4.79 Å². The number of nitrogens with one attached hydrogen (secondary N) is 1. The maximum atomic E-state index is 11.7. The predicted molar refractivity (Wildman–Crippen MR) is 66.2 cm³/mol. The molecule has 3 heterocycles. The minimum absolute atomic E-state index is 0.252. The summed E-state index contributed by atoms with van der Waals surface area (Å²) in [7, 11) is 0. The number of rotatable bonds is 1. The van der Waals surface area contributed by atoms with Crippen molar-refractivity contribution in [2.75, 3.05) is 11.4 Å². The van der Waals surface area contributed by atoms with E-state index in [0.29, 0.717) is 12.2 Å². The molecule has 2 aromatic rings. The summed E-state index contributed by atoms with van der Waals surface area (Å²) in [6, 6.07) is 4.95. The quantitative estimate of drug-likeness (QED) is 0.795. The number of carbonyl (C=O) groups excluding carboxylic acids is 2. The van der Waals surface area contributed by atoms with Crippen LogP contribution in [0.5, 0.6) is 0 Å². The van der Waals surface area contributed by atoms with E-state index in [9.17, 15) is 9.59 Å². The Balaban J connectivity index is 2.02. The first kappa shape index (κ1) is 11.1. The van der Waals surface area contributed by atoms with Gasteiger partial charge in [0.15, 0.2) is 5.65 Å². The number of fused-ring (bicyclic) bond motifs is 1. The van der Waals surface area contributed by atoms with Crippen LogP contribution >= 0.6 is 15.9 Å². The summed E-state index contributed by atoms with van der Waals surface area (Å²) in [5, 5.41) is 6.46. The van der Waals surface area contributed by atoms with Gasteiger partial charge in [-0.25, -0.2) is 9.31 Å². The second-order valence-corrected chi connectivity index (χ2v) is 4.60. The van der Waals surface area contributed by atoms with Crippen molar-refractivity contribution >= 4 is 39.5 Å². The fraction of sp³-hybridized carbons (Fsp3) is 0.200. The Kier molecular flexibility index (Phi) is 2.51. The van der Waals surface area contributed by atoms with Crippen molar-refractivity contribution in [1.29, 1.82) is 0 Å². The molecule has 8 heteroatoms. The second-order valence-electron chi connectivity index (χ2n) is 3.79. The molecule has 18 heavy (non-hydrogen) atoms. The lowest BCUT2D eigenvalue weighted by molar-refractivity contribution is -0.120. The first-order chi connectivity index (χ1) is 8.65. The Morgan fingerprint density at radius 3 is 2.89 bits per heavy atom. The van der Waals surface area contributed by atoms with Crippen LogP contribution in [0.15, 0.2) is 22.8 Å². The molecule has 0 radical (unpaired) electrons. The summed E-state index contributed by atoms with van der Waals surface area (Å²) >= 11 is 3.35. The standard InChI is InChI=1S/C10H8BrN5O2/c11-6-2-1-3-7-12-9(14-16(6)7)15-5-4-8(17)13-10(15)18/h1-3H,4-5H2,(H,13,17,18). The minimum atomic E-state index is -0.488. The molecule has 1 fully saturated rings. The molecular formula is C10H8BrN5O2. The topological polar surface area (TPSA) is 79.6 Å².